The monoisotopic (exact) mass is 413 g/mol. The van der Waals surface area contributed by atoms with Crippen LogP contribution in [0.3, 0.4) is 0 Å². The van der Waals surface area contributed by atoms with Crippen LogP contribution in [0.2, 0.25) is 0 Å². The van der Waals surface area contributed by atoms with Crippen LogP contribution in [0.25, 0.3) is 0 Å². The molecule has 30 heavy (non-hydrogen) atoms. The van der Waals surface area contributed by atoms with Crippen molar-refractivity contribution in [1.82, 2.24) is 4.90 Å². The quantitative estimate of drug-likeness (QED) is 0.594. The van der Waals surface area contributed by atoms with Gasteiger partial charge in [0.2, 0.25) is 0 Å². The molecule has 2 aromatic carbocycles. The number of ether oxygens (including phenoxy) is 4. The fraction of sp³-hybridized carbons (Fsp3) is 0.458. The second-order valence-electron chi connectivity index (χ2n) is 8.05. The van der Waals surface area contributed by atoms with Crippen molar-refractivity contribution >= 4 is 5.91 Å². The number of hydrogen-bond acceptors (Lipinski definition) is 5. The van der Waals surface area contributed by atoms with Crippen molar-refractivity contribution in [3.05, 3.63) is 59.2 Å². The highest BCUT2D eigenvalue weighted by Crippen LogP contribution is 2.41. The molecule has 162 valence electrons. The number of rotatable bonds is 10. The lowest BCUT2D eigenvalue weighted by Crippen LogP contribution is -2.36. The number of benzene rings is 2. The van der Waals surface area contributed by atoms with Crippen LogP contribution >= 0.6 is 0 Å². The molecule has 1 aliphatic rings. The second kappa shape index (κ2) is 9.96. The topological polar surface area (TPSA) is 57.2 Å². The minimum absolute atomic E-state index is 0.0342. The predicted molar refractivity (Wildman–Crippen MR) is 115 cm³/mol. The third-order valence-electron chi connectivity index (χ3n) is 5.07. The van der Waals surface area contributed by atoms with Gasteiger partial charge in [0.25, 0.3) is 5.91 Å². The summed E-state index contributed by atoms with van der Waals surface area (Å²) in [7, 11) is 3.25. The number of methoxy groups -OCH3 is 2. The van der Waals surface area contributed by atoms with E-state index in [0.29, 0.717) is 38.5 Å². The van der Waals surface area contributed by atoms with E-state index in [2.05, 4.69) is 19.9 Å². The Morgan fingerprint density at radius 3 is 2.33 bits per heavy atom. The van der Waals surface area contributed by atoms with Gasteiger partial charge in [-0.1, -0.05) is 24.3 Å². The molecule has 0 saturated heterocycles. The lowest BCUT2D eigenvalue weighted by atomic mass is 10.0. The van der Waals surface area contributed by atoms with Crippen LogP contribution in [0.1, 0.15) is 35.3 Å². The first-order chi connectivity index (χ1) is 14.4. The molecule has 0 radical (unpaired) electrons. The fourth-order valence-corrected chi connectivity index (χ4v) is 3.51. The minimum Gasteiger partial charge on any atom is -0.485 e. The van der Waals surface area contributed by atoms with E-state index >= 15 is 0 Å². The van der Waals surface area contributed by atoms with Gasteiger partial charge < -0.3 is 23.8 Å². The number of nitrogens with zero attached hydrogens (tertiary/aromatic N) is 1. The van der Waals surface area contributed by atoms with Gasteiger partial charge in [0.05, 0.1) is 13.2 Å². The zero-order valence-corrected chi connectivity index (χ0v) is 18.3. The Labute approximate surface area is 178 Å². The number of amides is 1. The molecular weight excluding hydrogens is 382 g/mol. The summed E-state index contributed by atoms with van der Waals surface area (Å²) in [5.74, 6) is 1.55. The van der Waals surface area contributed by atoms with Crippen molar-refractivity contribution < 1.29 is 23.7 Å². The van der Waals surface area contributed by atoms with Gasteiger partial charge >= 0.3 is 0 Å². The first-order valence-corrected chi connectivity index (χ1v) is 10.2. The Morgan fingerprint density at radius 2 is 1.70 bits per heavy atom. The zero-order chi connectivity index (χ0) is 21.6. The number of carbonyl (C=O) groups excluding carboxylic acids is 1. The standard InChI is InChI=1S/C24H31NO5/c1-24(2)16-20-6-5-7-21(22(20)30-24)29-17-18-8-10-19(11-9-18)23(26)25(12-14-27-3)13-15-28-4/h5-11H,12-17H2,1-4H3. The van der Waals surface area contributed by atoms with E-state index in [4.69, 9.17) is 18.9 Å². The fourth-order valence-electron chi connectivity index (χ4n) is 3.51. The molecule has 0 saturated carbocycles. The summed E-state index contributed by atoms with van der Waals surface area (Å²) in [5, 5.41) is 0. The maximum atomic E-state index is 12.8. The van der Waals surface area contributed by atoms with Crippen LogP contribution in [0.5, 0.6) is 11.5 Å². The second-order valence-corrected chi connectivity index (χ2v) is 8.05. The van der Waals surface area contributed by atoms with Crippen LogP contribution in [0.4, 0.5) is 0 Å². The van der Waals surface area contributed by atoms with Gasteiger partial charge in [-0.2, -0.15) is 0 Å². The summed E-state index contributed by atoms with van der Waals surface area (Å²) in [6.45, 7) is 6.59. The summed E-state index contributed by atoms with van der Waals surface area (Å²) in [6.07, 6.45) is 0.874. The molecule has 2 aromatic rings. The van der Waals surface area contributed by atoms with E-state index in [1.165, 1.54) is 5.56 Å². The molecule has 3 rings (SSSR count). The van der Waals surface area contributed by atoms with Gasteiger partial charge in [-0.05, 0) is 37.6 Å². The molecule has 1 aliphatic heterocycles. The van der Waals surface area contributed by atoms with E-state index in [1.54, 1.807) is 19.1 Å². The highest BCUT2D eigenvalue weighted by molar-refractivity contribution is 5.94. The summed E-state index contributed by atoms with van der Waals surface area (Å²) in [6, 6.07) is 13.5. The highest BCUT2D eigenvalue weighted by atomic mass is 16.5. The van der Waals surface area contributed by atoms with Gasteiger partial charge in [-0.3, -0.25) is 4.79 Å². The maximum absolute atomic E-state index is 12.8. The number of hydrogen-bond donors (Lipinski definition) is 0. The van der Waals surface area contributed by atoms with Crippen molar-refractivity contribution in [2.45, 2.75) is 32.5 Å². The SMILES string of the molecule is COCCN(CCOC)C(=O)c1ccc(COc2cccc3c2OC(C)(C)C3)cc1. The summed E-state index contributed by atoms with van der Waals surface area (Å²) < 4.78 is 22.3. The molecule has 6 nitrogen and oxygen atoms in total. The Morgan fingerprint density at radius 1 is 1.03 bits per heavy atom. The van der Waals surface area contributed by atoms with Crippen molar-refractivity contribution in [2.75, 3.05) is 40.5 Å². The largest absolute Gasteiger partial charge is 0.485 e. The molecule has 1 amide bonds. The summed E-state index contributed by atoms with van der Waals surface area (Å²) in [4.78, 5) is 14.5. The van der Waals surface area contributed by atoms with E-state index < -0.39 is 0 Å². The van der Waals surface area contributed by atoms with Crippen molar-refractivity contribution in [3.63, 3.8) is 0 Å². The molecule has 1 heterocycles. The molecule has 6 heteroatoms. The third-order valence-corrected chi connectivity index (χ3v) is 5.07. The smallest absolute Gasteiger partial charge is 0.254 e. The van der Waals surface area contributed by atoms with Gasteiger partial charge in [-0.15, -0.1) is 0 Å². The molecule has 0 atom stereocenters. The maximum Gasteiger partial charge on any atom is 0.254 e. The average molecular weight is 414 g/mol. The number of para-hydroxylation sites is 1. The summed E-state index contributed by atoms with van der Waals surface area (Å²) in [5.41, 5.74) is 2.59. The van der Waals surface area contributed by atoms with E-state index in [-0.39, 0.29) is 11.5 Å². The predicted octanol–water partition coefficient (Wildman–Crippen LogP) is 3.71. The Bertz CT molecular complexity index is 839. The normalized spacial score (nSPS) is 14.1. The van der Waals surface area contributed by atoms with Crippen LogP contribution in [0.15, 0.2) is 42.5 Å². The molecule has 0 spiro atoms. The third kappa shape index (κ3) is 5.52. The minimum atomic E-state index is -0.207. The average Bonchev–Trinajstić information content (AvgIpc) is 3.06. The van der Waals surface area contributed by atoms with Crippen molar-refractivity contribution in [2.24, 2.45) is 0 Å². The first kappa shape index (κ1) is 22.1. The summed E-state index contributed by atoms with van der Waals surface area (Å²) >= 11 is 0. The van der Waals surface area contributed by atoms with Gasteiger partial charge in [0.1, 0.15) is 12.2 Å². The lowest BCUT2D eigenvalue weighted by molar-refractivity contribution is 0.0627. The van der Waals surface area contributed by atoms with Crippen LogP contribution in [-0.2, 0) is 22.5 Å². The molecule has 0 unspecified atom stereocenters. The van der Waals surface area contributed by atoms with Crippen LogP contribution < -0.4 is 9.47 Å². The highest BCUT2D eigenvalue weighted by Gasteiger charge is 2.32. The van der Waals surface area contributed by atoms with E-state index in [9.17, 15) is 4.79 Å². The zero-order valence-electron chi connectivity index (χ0n) is 18.3. The first-order valence-electron chi connectivity index (χ1n) is 10.2. The molecule has 0 aliphatic carbocycles. The Balaban J connectivity index is 1.63. The van der Waals surface area contributed by atoms with Gasteiger partial charge in [-0.25, -0.2) is 0 Å². The molecule has 0 fully saturated rings. The Hall–Kier alpha value is -2.57. The molecule has 0 N–H and O–H groups in total. The van der Waals surface area contributed by atoms with Crippen LogP contribution in [0, 0.1) is 0 Å². The van der Waals surface area contributed by atoms with Gasteiger partial charge in [0, 0.05) is 44.9 Å². The Kier molecular flexibility index (Phi) is 7.34. The molecule has 0 aromatic heterocycles. The van der Waals surface area contributed by atoms with E-state index in [0.717, 1.165) is 23.5 Å². The lowest BCUT2D eigenvalue weighted by Gasteiger charge is -2.22. The van der Waals surface area contributed by atoms with E-state index in [1.807, 2.05) is 36.4 Å². The number of fused-ring (bicyclic) bond motifs is 1. The van der Waals surface area contributed by atoms with Crippen LogP contribution in [-0.4, -0.2) is 56.9 Å². The van der Waals surface area contributed by atoms with Crippen molar-refractivity contribution in [1.29, 1.82) is 0 Å². The molecular formula is C24H31NO5. The molecule has 0 bridgehead atoms. The van der Waals surface area contributed by atoms with Crippen molar-refractivity contribution in [3.8, 4) is 11.5 Å². The van der Waals surface area contributed by atoms with Gasteiger partial charge in [0.15, 0.2) is 11.5 Å². The number of carbonyl (C=O) groups is 1.